The van der Waals surface area contributed by atoms with Crippen molar-refractivity contribution in [2.45, 2.75) is 43.0 Å². The van der Waals surface area contributed by atoms with Crippen molar-refractivity contribution in [1.82, 2.24) is 5.32 Å². The number of hydrogen-bond acceptors (Lipinski definition) is 3. The van der Waals surface area contributed by atoms with Crippen LogP contribution in [0.3, 0.4) is 0 Å². The Balaban J connectivity index is 2.20. The molecule has 1 amide bonds. The largest absolute Gasteiger partial charge is 0.347 e. The Morgan fingerprint density at radius 1 is 1.32 bits per heavy atom. The minimum absolute atomic E-state index is 0.0570. The van der Waals surface area contributed by atoms with Gasteiger partial charge in [-0.3, -0.25) is 4.79 Å². The van der Waals surface area contributed by atoms with Crippen molar-refractivity contribution in [3.63, 3.8) is 0 Å². The molecule has 0 aromatic heterocycles. The van der Waals surface area contributed by atoms with Gasteiger partial charge in [-0.2, -0.15) is 0 Å². The molecule has 104 valence electrons. The van der Waals surface area contributed by atoms with E-state index in [0.29, 0.717) is 5.56 Å². The highest BCUT2D eigenvalue weighted by Gasteiger charge is 2.30. The molecule has 4 nitrogen and oxygen atoms in total. The average Bonchev–Trinajstić information content (AvgIpc) is 2.75. The summed E-state index contributed by atoms with van der Waals surface area (Å²) in [5, 5.41) is 2.97. The third kappa shape index (κ3) is 3.48. The van der Waals surface area contributed by atoms with E-state index in [1.54, 1.807) is 6.07 Å². The molecule has 1 aliphatic rings. The number of carbonyl (C=O) groups excluding carboxylic acids is 1. The standard InChI is InChI=1S/C13H16ClNO3S/c1-13(7-2-3-8-13)15-12(16)10-5-4-6-11(9-10)19(14,17)18/h4-6,9H,2-3,7-8H2,1H3,(H,15,16). The van der Waals surface area contributed by atoms with Gasteiger partial charge in [0.05, 0.1) is 4.90 Å². The zero-order valence-corrected chi connectivity index (χ0v) is 12.2. The van der Waals surface area contributed by atoms with Crippen molar-refractivity contribution in [2.24, 2.45) is 0 Å². The fraction of sp³-hybridized carbons (Fsp3) is 0.462. The Labute approximate surface area is 117 Å². The molecule has 0 aliphatic heterocycles. The maximum atomic E-state index is 12.1. The predicted octanol–water partition coefficient (Wildman–Crippen LogP) is 2.68. The number of amides is 1. The number of rotatable bonds is 3. The van der Waals surface area contributed by atoms with Gasteiger partial charge in [0.15, 0.2) is 0 Å². The van der Waals surface area contributed by atoms with Crippen LogP contribution < -0.4 is 5.32 Å². The van der Waals surface area contributed by atoms with E-state index < -0.39 is 9.05 Å². The summed E-state index contributed by atoms with van der Waals surface area (Å²) in [5.41, 5.74) is 0.127. The summed E-state index contributed by atoms with van der Waals surface area (Å²) < 4.78 is 22.5. The summed E-state index contributed by atoms with van der Waals surface area (Å²) in [6, 6.07) is 5.77. The topological polar surface area (TPSA) is 63.2 Å². The summed E-state index contributed by atoms with van der Waals surface area (Å²) in [4.78, 5) is 12.1. The van der Waals surface area contributed by atoms with Crippen molar-refractivity contribution in [1.29, 1.82) is 0 Å². The van der Waals surface area contributed by atoms with Gasteiger partial charge in [-0.1, -0.05) is 18.9 Å². The summed E-state index contributed by atoms with van der Waals surface area (Å²) in [5.74, 6) is -0.258. The Morgan fingerprint density at radius 3 is 2.53 bits per heavy atom. The minimum Gasteiger partial charge on any atom is -0.347 e. The first-order valence-electron chi connectivity index (χ1n) is 6.17. The van der Waals surface area contributed by atoms with Gasteiger partial charge in [-0.15, -0.1) is 0 Å². The smallest absolute Gasteiger partial charge is 0.261 e. The molecule has 0 heterocycles. The zero-order valence-electron chi connectivity index (χ0n) is 10.6. The van der Waals surface area contributed by atoms with Crippen LogP contribution in [0, 0.1) is 0 Å². The lowest BCUT2D eigenvalue weighted by Crippen LogP contribution is -2.43. The highest BCUT2D eigenvalue weighted by atomic mass is 35.7. The molecule has 0 saturated heterocycles. The number of benzene rings is 1. The summed E-state index contributed by atoms with van der Waals surface area (Å²) in [6.45, 7) is 2.01. The lowest BCUT2D eigenvalue weighted by molar-refractivity contribution is 0.0908. The summed E-state index contributed by atoms with van der Waals surface area (Å²) in [6.07, 6.45) is 4.11. The van der Waals surface area contributed by atoms with E-state index in [-0.39, 0.29) is 16.3 Å². The first-order chi connectivity index (χ1) is 8.80. The normalized spacial score (nSPS) is 18.2. The van der Waals surface area contributed by atoms with Crippen LogP contribution in [-0.4, -0.2) is 19.9 Å². The Kier molecular flexibility index (Phi) is 3.87. The van der Waals surface area contributed by atoms with Crippen molar-refractivity contribution < 1.29 is 13.2 Å². The summed E-state index contributed by atoms with van der Waals surface area (Å²) >= 11 is 0. The molecule has 1 aliphatic carbocycles. The molecule has 0 spiro atoms. The van der Waals surface area contributed by atoms with E-state index >= 15 is 0 Å². The van der Waals surface area contributed by atoms with Gasteiger partial charge >= 0.3 is 0 Å². The first-order valence-corrected chi connectivity index (χ1v) is 8.48. The monoisotopic (exact) mass is 301 g/mol. The van der Waals surface area contributed by atoms with Crippen LogP contribution in [0.2, 0.25) is 0 Å². The lowest BCUT2D eigenvalue weighted by Gasteiger charge is -2.25. The quantitative estimate of drug-likeness (QED) is 0.873. The van der Waals surface area contributed by atoms with Crippen LogP contribution in [0.5, 0.6) is 0 Å². The highest BCUT2D eigenvalue weighted by molar-refractivity contribution is 8.13. The van der Waals surface area contributed by atoms with Crippen molar-refractivity contribution >= 4 is 25.6 Å². The molecule has 1 aromatic rings. The second-order valence-electron chi connectivity index (χ2n) is 5.19. The van der Waals surface area contributed by atoms with E-state index in [2.05, 4.69) is 5.32 Å². The van der Waals surface area contributed by atoms with Crippen LogP contribution in [0.1, 0.15) is 43.0 Å². The second-order valence-corrected chi connectivity index (χ2v) is 7.75. The SMILES string of the molecule is CC1(NC(=O)c2cccc(S(=O)(=O)Cl)c2)CCCC1. The van der Waals surface area contributed by atoms with Gasteiger partial charge < -0.3 is 5.32 Å². The van der Waals surface area contributed by atoms with E-state index in [4.69, 9.17) is 10.7 Å². The predicted molar refractivity (Wildman–Crippen MR) is 73.8 cm³/mol. The van der Waals surface area contributed by atoms with Gasteiger partial charge in [0.25, 0.3) is 15.0 Å². The van der Waals surface area contributed by atoms with E-state index in [0.717, 1.165) is 25.7 Å². The van der Waals surface area contributed by atoms with Crippen LogP contribution in [-0.2, 0) is 9.05 Å². The van der Waals surface area contributed by atoms with Gasteiger partial charge in [-0.25, -0.2) is 8.42 Å². The molecule has 1 aromatic carbocycles. The van der Waals surface area contributed by atoms with Gasteiger partial charge in [0.2, 0.25) is 0 Å². The Hall–Kier alpha value is -1.07. The van der Waals surface area contributed by atoms with E-state index in [1.807, 2.05) is 6.92 Å². The lowest BCUT2D eigenvalue weighted by atomic mass is 10.00. The molecule has 0 bridgehead atoms. The molecular weight excluding hydrogens is 286 g/mol. The van der Waals surface area contributed by atoms with Crippen LogP contribution in [0.25, 0.3) is 0 Å². The van der Waals surface area contributed by atoms with Crippen molar-refractivity contribution in [3.05, 3.63) is 29.8 Å². The third-order valence-corrected chi connectivity index (χ3v) is 4.85. The minimum atomic E-state index is -3.81. The number of nitrogens with one attached hydrogen (secondary N) is 1. The van der Waals surface area contributed by atoms with Crippen LogP contribution >= 0.6 is 10.7 Å². The maximum Gasteiger partial charge on any atom is 0.261 e. The van der Waals surface area contributed by atoms with Crippen LogP contribution in [0.15, 0.2) is 29.2 Å². The van der Waals surface area contributed by atoms with Crippen LogP contribution in [0.4, 0.5) is 0 Å². The Morgan fingerprint density at radius 2 is 1.95 bits per heavy atom. The zero-order chi connectivity index (χ0) is 14.1. The molecule has 0 radical (unpaired) electrons. The summed E-state index contributed by atoms with van der Waals surface area (Å²) in [7, 11) is 1.46. The van der Waals surface area contributed by atoms with Crippen molar-refractivity contribution in [3.8, 4) is 0 Å². The maximum absolute atomic E-state index is 12.1. The van der Waals surface area contributed by atoms with Gasteiger partial charge in [-0.05, 0) is 38.0 Å². The number of carbonyl (C=O) groups is 1. The molecular formula is C13H16ClNO3S. The fourth-order valence-electron chi connectivity index (χ4n) is 2.42. The van der Waals surface area contributed by atoms with Gasteiger partial charge in [0, 0.05) is 21.8 Å². The third-order valence-electron chi connectivity index (χ3n) is 3.50. The highest BCUT2D eigenvalue weighted by Crippen LogP contribution is 2.29. The van der Waals surface area contributed by atoms with E-state index in [1.165, 1.54) is 18.2 Å². The first kappa shape index (κ1) is 14.3. The average molecular weight is 302 g/mol. The molecule has 0 unspecified atom stereocenters. The molecule has 19 heavy (non-hydrogen) atoms. The molecule has 2 rings (SSSR count). The van der Waals surface area contributed by atoms with Crippen molar-refractivity contribution in [2.75, 3.05) is 0 Å². The second kappa shape index (κ2) is 5.13. The molecule has 1 fully saturated rings. The van der Waals surface area contributed by atoms with Gasteiger partial charge in [0.1, 0.15) is 0 Å². The molecule has 0 atom stereocenters. The molecule has 1 saturated carbocycles. The Bertz CT molecular complexity index is 592. The number of hydrogen-bond donors (Lipinski definition) is 1. The number of halogens is 1. The van der Waals surface area contributed by atoms with E-state index in [9.17, 15) is 13.2 Å². The molecule has 6 heteroatoms. The molecule has 1 N–H and O–H groups in total. The fourth-order valence-corrected chi connectivity index (χ4v) is 3.21.